The van der Waals surface area contributed by atoms with Crippen LogP contribution in [0.2, 0.25) is 0 Å². The molecule has 0 aliphatic heterocycles. The van der Waals surface area contributed by atoms with Crippen LogP contribution in [0.1, 0.15) is 24.6 Å². The lowest BCUT2D eigenvalue weighted by molar-refractivity contribution is 0.594. The Hall–Kier alpha value is -1.66. The van der Waals surface area contributed by atoms with Gasteiger partial charge in [0, 0.05) is 18.3 Å². The molecule has 0 aliphatic carbocycles. The first-order valence-electron chi connectivity index (χ1n) is 6.83. The number of halogens is 1. The molecule has 2 aromatic rings. The second kappa shape index (κ2) is 7.38. The fraction of sp³-hybridized carbons (Fsp3) is 0.333. The quantitative estimate of drug-likeness (QED) is 0.636. The topological polar surface area (TPSA) is 57.8 Å². The molecule has 6 heteroatoms. The highest BCUT2D eigenvalue weighted by Gasteiger charge is 2.08. The Labute approximate surface area is 127 Å². The first-order chi connectivity index (χ1) is 10.1. The van der Waals surface area contributed by atoms with E-state index in [9.17, 15) is 9.18 Å². The van der Waals surface area contributed by atoms with E-state index in [0.717, 1.165) is 30.3 Å². The van der Waals surface area contributed by atoms with Crippen LogP contribution >= 0.6 is 11.8 Å². The molecule has 1 heterocycles. The lowest BCUT2D eigenvalue weighted by Gasteiger charge is -2.07. The van der Waals surface area contributed by atoms with E-state index in [1.807, 2.05) is 6.07 Å². The number of rotatable bonds is 6. The van der Waals surface area contributed by atoms with Gasteiger partial charge in [-0.1, -0.05) is 13.0 Å². The summed E-state index contributed by atoms with van der Waals surface area (Å²) >= 11 is 1.12. The number of H-pyrrole nitrogens is 1. The van der Waals surface area contributed by atoms with Gasteiger partial charge >= 0.3 is 0 Å². The SMILES string of the molecule is CCCNCc1ccc(Sc2nc(C)cc(=O)[nH]2)c(F)c1. The first-order valence-corrected chi connectivity index (χ1v) is 7.65. The number of benzene rings is 1. The van der Waals surface area contributed by atoms with Crippen LogP contribution in [0.15, 0.2) is 39.1 Å². The Balaban J connectivity index is 2.11. The van der Waals surface area contributed by atoms with Crippen molar-refractivity contribution in [3.8, 4) is 0 Å². The minimum absolute atomic E-state index is 0.231. The fourth-order valence-electron chi connectivity index (χ4n) is 1.85. The molecule has 0 aliphatic rings. The molecular weight excluding hydrogens is 289 g/mol. The number of aromatic nitrogens is 2. The maximum Gasteiger partial charge on any atom is 0.251 e. The summed E-state index contributed by atoms with van der Waals surface area (Å²) in [5, 5.41) is 3.63. The maximum absolute atomic E-state index is 14.1. The number of aryl methyl sites for hydroxylation is 1. The molecule has 2 N–H and O–H groups in total. The van der Waals surface area contributed by atoms with Gasteiger partial charge in [-0.2, -0.15) is 0 Å². The number of aromatic amines is 1. The highest BCUT2D eigenvalue weighted by Crippen LogP contribution is 2.27. The van der Waals surface area contributed by atoms with E-state index >= 15 is 0 Å². The largest absolute Gasteiger partial charge is 0.313 e. The number of nitrogens with one attached hydrogen (secondary N) is 2. The minimum atomic E-state index is -0.306. The molecule has 21 heavy (non-hydrogen) atoms. The summed E-state index contributed by atoms with van der Waals surface area (Å²) in [7, 11) is 0. The zero-order valence-electron chi connectivity index (χ0n) is 12.1. The van der Waals surface area contributed by atoms with Crippen LogP contribution in [0.4, 0.5) is 4.39 Å². The fourth-order valence-corrected chi connectivity index (χ4v) is 2.69. The van der Waals surface area contributed by atoms with E-state index in [1.54, 1.807) is 13.0 Å². The zero-order valence-corrected chi connectivity index (χ0v) is 12.9. The van der Waals surface area contributed by atoms with Crippen molar-refractivity contribution in [3.05, 3.63) is 51.7 Å². The van der Waals surface area contributed by atoms with Crippen LogP contribution in [0.25, 0.3) is 0 Å². The van der Waals surface area contributed by atoms with E-state index < -0.39 is 0 Å². The van der Waals surface area contributed by atoms with E-state index in [-0.39, 0.29) is 11.4 Å². The van der Waals surface area contributed by atoms with Crippen molar-refractivity contribution in [1.29, 1.82) is 0 Å². The molecule has 0 radical (unpaired) electrons. The number of hydrogen-bond donors (Lipinski definition) is 2. The summed E-state index contributed by atoms with van der Waals surface area (Å²) in [5.41, 5.74) is 1.28. The van der Waals surface area contributed by atoms with E-state index in [0.29, 0.717) is 22.3 Å². The van der Waals surface area contributed by atoms with Crippen molar-refractivity contribution in [2.24, 2.45) is 0 Å². The highest BCUT2D eigenvalue weighted by atomic mass is 32.2. The zero-order chi connectivity index (χ0) is 15.2. The van der Waals surface area contributed by atoms with Gasteiger partial charge in [-0.25, -0.2) is 9.37 Å². The van der Waals surface area contributed by atoms with Crippen LogP contribution < -0.4 is 10.9 Å². The molecule has 0 atom stereocenters. The molecule has 0 fully saturated rings. The van der Waals surface area contributed by atoms with Crippen LogP contribution in [-0.4, -0.2) is 16.5 Å². The van der Waals surface area contributed by atoms with Crippen molar-refractivity contribution in [2.45, 2.75) is 36.9 Å². The van der Waals surface area contributed by atoms with Gasteiger partial charge in [-0.15, -0.1) is 0 Å². The number of nitrogens with zero attached hydrogens (tertiary/aromatic N) is 1. The third-order valence-corrected chi connectivity index (χ3v) is 3.74. The van der Waals surface area contributed by atoms with Crippen molar-refractivity contribution >= 4 is 11.8 Å². The van der Waals surface area contributed by atoms with E-state index in [1.165, 1.54) is 12.1 Å². The first kappa shape index (κ1) is 15.7. The Kier molecular flexibility index (Phi) is 5.52. The lowest BCUT2D eigenvalue weighted by Crippen LogP contribution is -2.13. The van der Waals surface area contributed by atoms with Crippen molar-refractivity contribution in [3.63, 3.8) is 0 Å². The molecule has 0 saturated carbocycles. The third kappa shape index (κ3) is 4.68. The molecule has 2 rings (SSSR count). The van der Waals surface area contributed by atoms with E-state index in [4.69, 9.17) is 0 Å². The van der Waals surface area contributed by atoms with Crippen LogP contribution in [-0.2, 0) is 6.54 Å². The summed E-state index contributed by atoms with van der Waals surface area (Å²) in [6.07, 6.45) is 1.04. The smallest absolute Gasteiger partial charge is 0.251 e. The standard InChI is InChI=1S/C15H18FN3OS/c1-3-6-17-9-11-4-5-13(12(16)8-11)21-15-18-10(2)7-14(20)19-15/h4-5,7-8,17H,3,6,9H2,1-2H3,(H,18,19,20). The van der Waals surface area contributed by atoms with Gasteiger partial charge in [0.1, 0.15) is 5.82 Å². The molecule has 0 unspecified atom stereocenters. The van der Waals surface area contributed by atoms with Crippen molar-refractivity contribution in [1.82, 2.24) is 15.3 Å². The van der Waals surface area contributed by atoms with Gasteiger partial charge in [-0.05, 0) is 49.3 Å². The summed E-state index contributed by atoms with van der Waals surface area (Å²) in [6.45, 7) is 5.38. The molecule has 1 aromatic carbocycles. The molecule has 4 nitrogen and oxygen atoms in total. The minimum Gasteiger partial charge on any atom is -0.313 e. The highest BCUT2D eigenvalue weighted by molar-refractivity contribution is 7.99. The van der Waals surface area contributed by atoms with Gasteiger partial charge < -0.3 is 10.3 Å². The van der Waals surface area contributed by atoms with Crippen molar-refractivity contribution < 1.29 is 4.39 Å². The molecule has 0 bridgehead atoms. The molecular formula is C15H18FN3OS. The second-order valence-electron chi connectivity index (χ2n) is 4.74. The van der Waals surface area contributed by atoms with Gasteiger partial charge in [0.25, 0.3) is 5.56 Å². The monoisotopic (exact) mass is 307 g/mol. The average molecular weight is 307 g/mol. The summed E-state index contributed by atoms with van der Waals surface area (Å²) in [5.74, 6) is -0.306. The Bertz CT molecular complexity index is 672. The van der Waals surface area contributed by atoms with E-state index in [2.05, 4.69) is 22.2 Å². The Morgan fingerprint density at radius 3 is 2.86 bits per heavy atom. The van der Waals surface area contributed by atoms with Gasteiger partial charge in [0.05, 0.1) is 4.90 Å². The number of hydrogen-bond acceptors (Lipinski definition) is 4. The Morgan fingerprint density at radius 2 is 2.19 bits per heavy atom. The molecule has 0 amide bonds. The summed E-state index contributed by atoms with van der Waals surface area (Å²) in [6, 6.07) is 6.51. The van der Waals surface area contributed by atoms with Crippen molar-refractivity contribution in [2.75, 3.05) is 6.54 Å². The average Bonchev–Trinajstić information content (AvgIpc) is 2.41. The molecule has 0 saturated heterocycles. The van der Waals surface area contributed by atoms with Crippen LogP contribution in [0, 0.1) is 12.7 Å². The second-order valence-corrected chi connectivity index (χ2v) is 5.77. The molecule has 0 spiro atoms. The molecule has 112 valence electrons. The maximum atomic E-state index is 14.1. The predicted octanol–water partition coefficient (Wildman–Crippen LogP) is 2.87. The lowest BCUT2D eigenvalue weighted by atomic mass is 10.2. The van der Waals surface area contributed by atoms with Gasteiger partial charge in [0.2, 0.25) is 0 Å². The normalized spacial score (nSPS) is 10.8. The third-order valence-electron chi connectivity index (χ3n) is 2.81. The van der Waals surface area contributed by atoms with Crippen LogP contribution in [0.5, 0.6) is 0 Å². The van der Waals surface area contributed by atoms with Gasteiger partial charge in [-0.3, -0.25) is 4.79 Å². The summed E-state index contributed by atoms with van der Waals surface area (Å²) < 4.78 is 14.1. The summed E-state index contributed by atoms with van der Waals surface area (Å²) in [4.78, 5) is 18.6. The predicted molar refractivity (Wildman–Crippen MR) is 82.1 cm³/mol. The Morgan fingerprint density at radius 1 is 1.38 bits per heavy atom. The molecule has 1 aromatic heterocycles. The van der Waals surface area contributed by atoms with Gasteiger partial charge in [0.15, 0.2) is 5.16 Å². The van der Waals surface area contributed by atoms with Crippen LogP contribution in [0.3, 0.4) is 0 Å².